The number of carbonyl (C=O) groups excluding carboxylic acids is 1. The van der Waals surface area contributed by atoms with Crippen LogP contribution in [0, 0.1) is 6.92 Å². The van der Waals surface area contributed by atoms with Crippen LogP contribution in [0.5, 0.6) is 0 Å². The monoisotopic (exact) mass is 250 g/mol. The molecule has 0 atom stereocenters. The zero-order valence-electron chi connectivity index (χ0n) is 11.7. The lowest BCUT2D eigenvalue weighted by Gasteiger charge is -2.36. The van der Waals surface area contributed by atoms with Gasteiger partial charge >= 0.3 is 0 Å². The Morgan fingerprint density at radius 3 is 2.33 bits per heavy atom. The number of hydrogen-bond acceptors (Lipinski definition) is 3. The number of amides is 1. The highest BCUT2D eigenvalue weighted by molar-refractivity contribution is 5.95. The van der Waals surface area contributed by atoms with Crippen molar-refractivity contribution in [1.82, 2.24) is 19.6 Å². The predicted octanol–water partition coefficient (Wildman–Crippen LogP) is 0.895. The Hall–Kier alpha value is -1.36. The van der Waals surface area contributed by atoms with Crippen molar-refractivity contribution < 1.29 is 4.79 Å². The minimum absolute atomic E-state index is 0.115. The molecule has 1 aromatic heterocycles. The van der Waals surface area contributed by atoms with Gasteiger partial charge in [-0.2, -0.15) is 5.10 Å². The van der Waals surface area contributed by atoms with Crippen molar-refractivity contribution in [1.29, 1.82) is 0 Å². The molecule has 5 nitrogen and oxygen atoms in total. The van der Waals surface area contributed by atoms with E-state index in [-0.39, 0.29) is 5.91 Å². The van der Waals surface area contributed by atoms with Crippen LogP contribution in [0.25, 0.3) is 0 Å². The summed E-state index contributed by atoms with van der Waals surface area (Å²) in [5.74, 6) is 0.115. The highest BCUT2D eigenvalue weighted by Crippen LogP contribution is 2.12. The molecule has 1 fully saturated rings. The van der Waals surface area contributed by atoms with E-state index in [0.717, 1.165) is 37.4 Å². The number of carbonyl (C=O) groups is 1. The summed E-state index contributed by atoms with van der Waals surface area (Å²) in [7, 11) is 1.85. The van der Waals surface area contributed by atoms with E-state index in [0.29, 0.717) is 6.04 Å². The summed E-state index contributed by atoms with van der Waals surface area (Å²) < 4.78 is 1.70. The molecule has 1 aliphatic heterocycles. The molecule has 18 heavy (non-hydrogen) atoms. The summed E-state index contributed by atoms with van der Waals surface area (Å²) in [6, 6.07) is 0.558. The molecule has 0 radical (unpaired) electrons. The first-order valence-electron chi connectivity index (χ1n) is 6.52. The van der Waals surface area contributed by atoms with E-state index in [2.05, 4.69) is 23.8 Å². The van der Waals surface area contributed by atoms with Gasteiger partial charge in [-0.15, -0.1) is 0 Å². The second kappa shape index (κ2) is 5.10. The predicted molar refractivity (Wildman–Crippen MR) is 70.6 cm³/mol. The fourth-order valence-corrected chi connectivity index (χ4v) is 2.42. The number of rotatable bonds is 2. The van der Waals surface area contributed by atoms with Gasteiger partial charge < -0.3 is 4.90 Å². The third kappa shape index (κ3) is 2.56. The Bertz CT molecular complexity index is 430. The lowest BCUT2D eigenvalue weighted by molar-refractivity contribution is 0.0594. The molecule has 100 valence electrons. The number of piperazine rings is 1. The average Bonchev–Trinajstić information content (AvgIpc) is 2.67. The van der Waals surface area contributed by atoms with Crippen molar-refractivity contribution in [2.24, 2.45) is 7.05 Å². The molecule has 1 saturated heterocycles. The van der Waals surface area contributed by atoms with Crippen LogP contribution in [0.4, 0.5) is 0 Å². The topological polar surface area (TPSA) is 41.4 Å². The van der Waals surface area contributed by atoms with Gasteiger partial charge in [0.1, 0.15) is 0 Å². The molecule has 0 spiro atoms. The lowest BCUT2D eigenvalue weighted by atomic mass is 10.2. The van der Waals surface area contributed by atoms with Crippen LogP contribution in [0.3, 0.4) is 0 Å². The van der Waals surface area contributed by atoms with Gasteiger partial charge in [0, 0.05) is 45.5 Å². The third-order valence-corrected chi connectivity index (χ3v) is 3.58. The SMILES string of the molecule is Cc1nn(C)cc1C(=O)N1CCN(C(C)C)CC1. The maximum atomic E-state index is 12.4. The van der Waals surface area contributed by atoms with Gasteiger partial charge in [-0.25, -0.2) is 0 Å². The Morgan fingerprint density at radius 2 is 1.89 bits per heavy atom. The second-order valence-electron chi connectivity index (χ2n) is 5.22. The number of aryl methyl sites for hydroxylation is 2. The van der Waals surface area contributed by atoms with E-state index in [4.69, 9.17) is 0 Å². The highest BCUT2D eigenvalue weighted by Gasteiger charge is 2.25. The summed E-state index contributed by atoms with van der Waals surface area (Å²) in [4.78, 5) is 16.7. The molecular formula is C13H22N4O. The molecule has 0 aliphatic carbocycles. The van der Waals surface area contributed by atoms with Crippen LogP contribution in [-0.4, -0.2) is 57.7 Å². The number of hydrogen-bond donors (Lipinski definition) is 0. The van der Waals surface area contributed by atoms with E-state index in [1.54, 1.807) is 4.68 Å². The molecule has 1 amide bonds. The van der Waals surface area contributed by atoms with Gasteiger partial charge in [0.15, 0.2) is 0 Å². The molecule has 2 rings (SSSR count). The fourth-order valence-electron chi connectivity index (χ4n) is 2.42. The van der Waals surface area contributed by atoms with Crippen LogP contribution in [-0.2, 0) is 7.05 Å². The Labute approximate surface area is 108 Å². The van der Waals surface area contributed by atoms with Crippen molar-refractivity contribution in [2.45, 2.75) is 26.8 Å². The minimum Gasteiger partial charge on any atom is -0.336 e. The largest absolute Gasteiger partial charge is 0.336 e. The van der Waals surface area contributed by atoms with E-state index in [9.17, 15) is 4.79 Å². The lowest BCUT2D eigenvalue weighted by Crippen LogP contribution is -2.50. The zero-order valence-corrected chi connectivity index (χ0v) is 11.7. The molecule has 0 unspecified atom stereocenters. The molecule has 0 aromatic carbocycles. The Balaban J connectivity index is 2.02. The van der Waals surface area contributed by atoms with Crippen molar-refractivity contribution >= 4 is 5.91 Å². The van der Waals surface area contributed by atoms with Crippen LogP contribution < -0.4 is 0 Å². The van der Waals surface area contributed by atoms with Gasteiger partial charge in [0.2, 0.25) is 0 Å². The summed E-state index contributed by atoms with van der Waals surface area (Å²) in [5.41, 5.74) is 1.55. The first-order valence-corrected chi connectivity index (χ1v) is 6.52. The molecule has 2 heterocycles. The minimum atomic E-state index is 0.115. The normalized spacial score (nSPS) is 17.5. The number of aromatic nitrogens is 2. The van der Waals surface area contributed by atoms with Gasteiger partial charge in [0.25, 0.3) is 5.91 Å². The maximum Gasteiger partial charge on any atom is 0.257 e. The molecule has 5 heteroatoms. The first kappa shape index (κ1) is 13.1. The van der Waals surface area contributed by atoms with Crippen LogP contribution in [0.2, 0.25) is 0 Å². The van der Waals surface area contributed by atoms with Crippen LogP contribution in [0.1, 0.15) is 29.9 Å². The Morgan fingerprint density at radius 1 is 1.28 bits per heavy atom. The second-order valence-corrected chi connectivity index (χ2v) is 5.22. The van der Waals surface area contributed by atoms with Crippen LogP contribution >= 0.6 is 0 Å². The fraction of sp³-hybridized carbons (Fsp3) is 0.692. The first-order chi connectivity index (χ1) is 8.49. The maximum absolute atomic E-state index is 12.4. The summed E-state index contributed by atoms with van der Waals surface area (Å²) in [6.45, 7) is 9.82. The van der Waals surface area contributed by atoms with E-state index in [1.165, 1.54) is 0 Å². The molecule has 0 bridgehead atoms. The van der Waals surface area contributed by atoms with Gasteiger partial charge in [-0.3, -0.25) is 14.4 Å². The molecular weight excluding hydrogens is 228 g/mol. The van der Waals surface area contributed by atoms with Crippen molar-refractivity contribution in [3.63, 3.8) is 0 Å². The number of nitrogens with zero attached hydrogens (tertiary/aromatic N) is 4. The van der Waals surface area contributed by atoms with Gasteiger partial charge in [-0.05, 0) is 20.8 Å². The van der Waals surface area contributed by atoms with Crippen molar-refractivity contribution in [2.75, 3.05) is 26.2 Å². The smallest absolute Gasteiger partial charge is 0.257 e. The van der Waals surface area contributed by atoms with Gasteiger partial charge in [0.05, 0.1) is 11.3 Å². The summed E-state index contributed by atoms with van der Waals surface area (Å²) in [5, 5.41) is 4.23. The molecule has 0 N–H and O–H groups in total. The zero-order chi connectivity index (χ0) is 13.3. The highest BCUT2D eigenvalue weighted by atomic mass is 16.2. The molecule has 1 aliphatic rings. The molecule has 1 aromatic rings. The van der Waals surface area contributed by atoms with Crippen molar-refractivity contribution in [3.05, 3.63) is 17.5 Å². The van der Waals surface area contributed by atoms with Crippen LogP contribution in [0.15, 0.2) is 6.20 Å². The molecule has 0 saturated carbocycles. The van der Waals surface area contributed by atoms with Gasteiger partial charge in [-0.1, -0.05) is 0 Å². The summed E-state index contributed by atoms with van der Waals surface area (Å²) >= 11 is 0. The standard InChI is InChI=1S/C13H22N4O/c1-10(2)16-5-7-17(8-6-16)13(18)12-9-15(4)14-11(12)3/h9-10H,5-8H2,1-4H3. The summed E-state index contributed by atoms with van der Waals surface area (Å²) in [6.07, 6.45) is 1.81. The average molecular weight is 250 g/mol. The van der Waals surface area contributed by atoms with Crippen molar-refractivity contribution in [3.8, 4) is 0 Å². The Kier molecular flexibility index (Phi) is 3.71. The van der Waals surface area contributed by atoms with E-state index >= 15 is 0 Å². The van der Waals surface area contributed by atoms with E-state index < -0.39 is 0 Å². The quantitative estimate of drug-likeness (QED) is 0.783. The third-order valence-electron chi connectivity index (χ3n) is 3.58. The van der Waals surface area contributed by atoms with E-state index in [1.807, 2.05) is 25.1 Å².